The van der Waals surface area contributed by atoms with Crippen LogP contribution in [0.1, 0.15) is 83.9 Å². The van der Waals surface area contributed by atoms with Crippen molar-refractivity contribution in [2.45, 2.75) is 91.0 Å². The fourth-order valence-electron chi connectivity index (χ4n) is 4.76. The maximum atomic E-state index is 12.4. The molecule has 200 valence electrons. The molecule has 0 saturated carbocycles. The summed E-state index contributed by atoms with van der Waals surface area (Å²) in [4.78, 5) is 9.32. The summed E-state index contributed by atoms with van der Waals surface area (Å²) in [6, 6.07) is 7.98. The van der Waals surface area contributed by atoms with Crippen molar-refractivity contribution in [1.82, 2.24) is 14.5 Å². The number of rotatable bonds is 18. The zero-order valence-corrected chi connectivity index (χ0v) is 23.0. The van der Waals surface area contributed by atoms with Crippen LogP contribution in [-0.2, 0) is 27.5 Å². The molecule has 3 aromatic rings. The lowest BCUT2D eigenvalue weighted by molar-refractivity contribution is 0.127. The van der Waals surface area contributed by atoms with Gasteiger partial charge < -0.3 is 15.0 Å². The molecule has 0 aliphatic heterocycles. The first-order chi connectivity index (χ1) is 17.5. The van der Waals surface area contributed by atoms with Gasteiger partial charge in [0.1, 0.15) is 21.2 Å². The molecule has 8 heteroatoms. The predicted octanol–water partition coefficient (Wildman–Crippen LogP) is 6.08. The second-order valence-corrected chi connectivity index (χ2v) is 12.0. The van der Waals surface area contributed by atoms with E-state index in [4.69, 9.17) is 15.5 Å². The first-order valence-corrected chi connectivity index (χ1v) is 15.6. The summed E-state index contributed by atoms with van der Waals surface area (Å²) in [7, 11) is -3.00. The molecular formula is C28H44N4O3S. The third-order valence-electron chi connectivity index (χ3n) is 6.68. The molecule has 0 bridgehead atoms. The fraction of sp³-hybridized carbons (Fsp3) is 0.643. The molecule has 0 unspecified atom stereocenters. The molecule has 36 heavy (non-hydrogen) atoms. The minimum absolute atomic E-state index is 0.200. The molecule has 1 aromatic carbocycles. The van der Waals surface area contributed by atoms with Crippen LogP contribution >= 0.6 is 0 Å². The van der Waals surface area contributed by atoms with Crippen LogP contribution in [0.3, 0.4) is 0 Å². The summed E-state index contributed by atoms with van der Waals surface area (Å²) in [6.07, 6.45) is 11.6. The quantitative estimate of drug-likeness (QED) is 0.206. The predicted molar refractivity (Wildman–Crippen MR) is 150 cm³/mol. The average Bonchev–Trinajstić information content (AvgIpc) is 3.22. The number of unbranched alkanes of at least 4 members (excludes halogenated alkanes) is 7. The second-order valence-electron chi connectivity index (χ2n) is 9.73. The van der Waals surface area contributed by atoms with Crippen LogP contribution in [0, 0.1) is 0 Å². The van der Waals surface area contributed by atoms with Crippen LogP contribution in [0.5, 0.6) is 0 Å². The number of nitrogen functional groups attached to an aromatic ring is 1. The van der Waals surface area contributed by atoms with E-state index in [-0.39, 0.29) is 5.75 Å². The highest BCUT2D eigenvalue weighted by molar-refractivity contribution is 7.91. The molecule has 2 N–H and O–H groups in total. The minimum atomic E-state index is -3.00. The number of sulfone groups is 1. The Morgan fingerprint density at radius 1 is 0.861 bits per heavy atom. The zero-order valence-electron chi connectivity index (χ0n) is 22.2. The Labute approximate surface area is 216 Å². The van der Waals surface area contributed by atoms with Gasteiger partial charge in [0.25, 0.3) is 0 Å². The molecule has 0 saturated heterocycles. The van der Waals surface area contributed by atoms with Gasteiger partial charge in [-0.1, -0.05) is 77.0 Å². The third kappa shape index (κ3) is 8.17. The number of ether oxygens (including phenoxy) is 1. The van der Waals surface area contributed by atoms with E-state index in [1.807, 2.05) is 18.2 Å². The second kappa shape index (κ2) is 14.5. The van der Waals surface area contributed by atoms with Gasteiger partial charge in [0.15, 0.2) is 5.82 Å². The molecule has 0 aliphatic carbocycles. The molecule has 0 spiro atoms. The van der Waals surface area contributed by atoms with E-state index < -0.39 is 9.84 Å². The lowest BCUT2D eigenvalue weighted by Gasteiger charge is -2.11. The zero-order chi connectivity index (χ0) is 25.8. The Kier molecular flexibility index (Phi) is 11.5. The van der Waals surface area contributed by atoms with Gasteiger partial charge in [0.2, 0.25) is 0 Å². The van der Waals surface area contributed by atoms with E-state index in [2.05, 4.69) is 29.5 Å². The molecule has 2 heterocycles. The highest BCUT2D eigenvalue weighted by atomic mass is 32.2. The molecule has 0 radical (unpaired) electrons. The molecule has 0 aliphatic rings. The number of nitrogens with two attached hydrogens (primary N) is 1. The fourth-order valence-corrected chi connectivity index (χ4v) is 6.16. The minimum Gasteiger partial charge on any atom is -0.382 e. The van der Waals surface area contributed by atoms with Gasteiger partial charge in [-0.2, -0.15) is 0 Å². The first-order valence-electron chi connectivity index (χ1n) is 13.8. The first kappa shape index (κ1) is 28.4. The van der Waals surface area contributed by atoms with E-state index in [1.165, 1.54) is 32.1 Å². The number of aryl methyl sites for hydroxylation is 1. The molecule has 0 fully saturated rings. The van der Waals surface area contributed by atoms with Gasteiger partial charge in [-0.15, -0.1) is 0 Å². The Bertz CT molecular complexity index is 1190. The van der Waals surface area contributed by atoms with E-state index >= 15 is 0 Å². The van der Waals surface area contributed by atoms with Gasteiger partial charge in [-0.05, 0) is 25.3 Å². The maximum absolute atomic E-state index is 12.4. The number of pyridine rings is 1. The van der Waals surface area contributed by atoms with Crippen LogP contribution in [0.25, 0.3) is 21.9 Å². The smallest absolute Gasteiger partial charge is 0.152 e. The molecule has 7 nitrogen and oxygen atoms in total. The summed E-state index contributed by atoms with van der Waals surface area (Å²) in [5, 5.41) is 1.03. The monoisotopic (exact) mass is 516 g/mol. The Morgan fingerprint density at radius 3 is 2.31 bits per heavy atom. The number of nitrogens with zero attached hydrogens (tertiary/aromatic N) is 3. The van der Waals surface area contributed by atoms with E-state index in [0.29, 0.717) is 37.8 Å². The normalized spacial score (nSPS) is 12.2. The highest BCUT2D eigenvalue weighted by Gasteiger charge is 2.17. The van der Waals surface area contributed by atoms with Gasteiger partial charge in [0, 0.05) is 25.0 Å². The van der Waals surface area contributed by atoms with E-state index in [0.717, 1.165) is 59.9 Å². The summed E-state index contributed by atoms with van der Waals surface area (Å²) >= 11 is 0. The largest absolute Gasteiger partial charge is 0.382 e. The number of fused-ring (bicyclic) bond motifs is 3. The number of anilines is 1. The molecule has 0 amide bonds. The van der Waals surface area contributed by atoms with Crippen molar-refractivity contribution in [3.05, 3.63) is 30.1 Å². The van der Waals surface area contributed by atoms with Crippen molar-refractivity contribution in [2.24, 2.45) is 0 Å². The van der Waals surface area contributed by atoms with Crippen molar-refractivity contribution in [3.63, 3.8) is 0 Å². The van der Waals surface area contributed by atoms with E-state index in [1.54, 1.807) is 0 Å². The number of para-hydroxylation sites is 1. The maximum Gasteiger partial charge on any atom is 0.152 e. The average molecular weight is 517 g/mol. The van der Waals surface area contributed by atoms with Gasteiger partial charge in [-0.3, -0.25) is 0 Å². The van der Waals surface area contributed by atoms with Gasteiger partial charge in [-0.25, -0.2) is 18.4 Å². The van der Waals surface area contributed by atoms with Crippen molar-refractivity contribution in [2.75, 3.05) is 30.5 Å². The van der Waals surface area contributed by atoms with Crippen molar-refractivity contribution >= 4 is 37.6 Å². The van der Waals surface area contributed by atoms with Crippen LogP contribution in [0.15, 0.2) is 24.3 Å². The van der Waals surface area contributed by atoms with E-state index in [9.17, 15) is 8.42 Å². The van der Waals surface area contributed by atoms with Crippen molar-refractivity contribution < 1.29 is 13.2 Å². The van der Waals surface area contributed by atoms with Crippen LogP contribution in [-0.4, -0.2) is 47.7 Å². The lowest BCUT2D eigenvalue weighted by Crippen LogP contribution is -2.14. The Balaban J connectivity index is 1.45. The number of hydrogen-bond acceptors (Lipinski definition) is 6. The Morgan fingerprint density at radius 2 is 1.56 bits per heavy atom. The number of imidazole rings is 1. The van der Waals surface area contributed by atoms with Gasteiger partial charge in [0.05, 0.1) is 29.1 Å². The summed E-state index contributed by atoms with van der Waals surface area (Å²) in [5.41, 5.74) is 8.83. The van der Waals surface area contributed by atoms with Gasteiger partial charge >= 0.3 is 0 Å². The van der Waals surface area contributed by atoms with Crippen molar-refractivity contribution in [3.8, 4) is 0 Å². The number of benzene rings is 1. The molecule has 0 atom stereocenters. The lowest BCUT2D eigenvalue weighted by atomic mass is 10.1. The summed E-state index contributed by atoms with van der Waals surface area (Å²) in [6.45, 7) is 5.93. The highest BCUT2D eigenvalue weighted by Crippen LogP contribution is 2.29. The molecule has 2 aromatic heterocycles. The third-order valence-corrected chi connectivity index (χ3v) is 8.50. The summed E-state index contributed by atoms with van der Waals surface area (Å²) in [5.74, 6) is 1.92. The van der Waals surface area contributed by atoms with Crippen molar-refractivity contribution in [1.29, 1.82) is 0 Å². The Hall–Kier alpha value is -2.19. The molecular weight excluding hydrogens is 472 g/mol. The summed E-state index contributed by atoms with van der Waals surface area (Å²) < 4.78 is 32.8. The number of hydrogen-bond donors (Lipinski definition) is 1. The van der Waals surface area contributed by atoms with Crippen LogP contribution in [0.4, 0.5) is 5.82 Å². The van der Waals surface area contributed by atoms with Crippen LogP contribution < -0.4 is 5.73 Å². The SMILES string of the molecule is CCCCCCCCCCS(=O)(=O)CCCOCCn1c(CCC)nc2c(N)nc3ccccc3c21. The number of aromatic nitrogens is 3. The molecule has 3 rings (SSSR count). The topological polar surface area (TPSA) is 100 Å². The standard InChI is InChI=1S/C28H44N4O3S/c1-3-5-6-7-8-9-10-13-21-36(33,34)22-14-19-35-20-18-32-25(15-4-2)31-26-27(32)23-16-11-12-17-24(23)30-28(26)29/h11-12,16-17H,3-10,13-15,18-22H2,1-2H3,(H2,29,30). The van der Waals surface area contributed by atoms with Crippen LogP contribution in [0.2, 0.25) is 0 Å².